The Morgan fingerprint density at radius 2 is 1.97 bits per heavy atom. The molecule has 6 nitrogen and oxygen atoms in total. The molecule has 0 radical (unpaired) electrons. The van der Waals surface area contributed by atoms with Gasteiger partial charge in [-0.15, -0.1) is 24.0 Å². The minimum absolute atomic E-state index is 0. The number of benzene rings is 1. The summed E-state index contributed by atoms with van der Waals surface area (Å²) in [7, 11) is 2.00. The van der Waals surface area contributed by atoms with Crippen LogP contribution in [0.4, 0.5) is 0 Å². The highest BCUT2D eigenvalue weighted by Gasteiger charge is 2.24. The number of halogens is 2. The lowest BCUT2D eigenvalue weighted by molar-refractivity contribution is 0.251. The molecule has 1 aromatic heterocycles. The van der Waals surface area contributed by atoms with Crippen molar-refractivity contribution in [2.24, 2.45) is 12.0 Å². The average Bonchev–Trinajstić information content (AvgIpc) is 3.33. The van der Waals surface area contributed by atoms with E-state index in [1.54, 1.807) is 0 Å². The second-order valence-electron chi connectivity index (χ2n) is 8.56. The molecule has 0 spiro atoms. The van der Waals surface area contributed by atoms with E-state index >= 15 is 0 Å². The molecule has 2 aromatic rings. The van der Waals surface area contributed by atoms with Crippen molar-refractivity contribution in [3.8, 4) is 0 Å². The summed E-state index contributed by atoms with van der Waals surface area (Å²) in [4.78, 5) is 7.52. The molecule has 1 aliphatic rings. The lowest BCUT2D eigenvalue weighted by Gasteiger charge is -2.27. The molecule has 1 aliphatic heterocycles. The van der Waals surface area contributed by atoms with E-state index in [-0.39, 0.29) is 36.1 Å². The van der Waals surface area contributed by atoms with Crippen LogP contribution in [0.15, 0.2) is 29.3 Å². The average molecular weight is 573 g/mol. The van der Waals surface area contributed by atoms with E-state index in [1.807, 2.05) is 23.9 Å². The number of aromatic nitrogens is 2. The van der Waals surface area contributed by atoms with Crippen molar-refractivity contribution >= 4 is 41.5 Å². The molecule has 0 bridgehead atoms. The Hall–Kier alpha value is -1.32. The van der Waals surface area contributed by atoms with Crippen LogP contribution in [-0.4, -0.2) is 52.9 Å². The monoisotopic (exact) mass is 572 g/mol. The van der Waals surface area contributed by atoms with Crippen LogP contribution in [0.1, 0.15) is 55.2 Å². The smallest absolute Gasteiger partial charge is 0.191 e. The first-order chi connectivity index (χ1) is 14.9. The van der Waals surface area contributed by atoms with E-state index < -0.39 is 0 Å². The maximum Gasteiger partial charge on any atom is 0.191 e. The van der Waals surface area contributed by atoms with E-state index in [2.05, 4.69) is 60.5 Å². The highest BCUT2D eigenvalue weighted by molar-refractivity contribution is 14.0. The van der Waals surface area contributed by atoms with Gasteiger partial charge in [0, 0.05) is 30.4 Å². The summed E-state index contributed by atoms with van der Waals surface area (Å²) in [5, 5.41) is 12.3. The predicted octanol–water partition coefficient (Wildman–Crippen LogP) is 4.63. The maximum absolute atomic E-state index is 6.30. The summed E-state index contributed by atoms with van der Waals surface area (Å²) >= 11 is 6.30. The van der Waals surface area contributed by atoms with Gasteiger partial charge >= 0.3 is 0 Å². The number of hydrogen-bond donors (Lipinski definition) is 2. The third-order valence-corrected chi connectivity index (χ3v) is 6.37. The van der Waals surface area contributed by atoms with Gasteiger partial charge in [0.15, 0.2) is 5.96 Å². The summed E-state index contributed by atoms with van der Waals surface area (Å²) in [5.41, 5.74) is 4.88. The van der Waals surface area contributed by atoms with Crippen LogP contribution in [0.3, 0.4) is 0 Å². The van der Waals surface area contributed by atoms with E-state index in [0.717, 1.165) is 42.7 Å². The summed E-state index contributed by atoms with van der Waals surface area (Å²) in [5.74, 6) is 0.862. The lowest BCUT2D eigenvalue weighted by Crippen LogP contribution is -2.43. The fraction of sp³-hybridized carbons (Fsp3) is 0.583. The first-order valence-corrected chi connectivity index (χ1v) is 11.8. The third kappa shape index (κ3) is 7.09. The molecule has 1 saturated heterocycles. The predicted molar refractivity (Wildman–Crippen MR) is 145 cm³/mol. The molecule has 2 unspecified atom stereocenters. The topological polar surface area (TPSA) is 57.5 Å². The third-order valence-electron chi connectivity index (χ3n) is 6.13. The SMILES string of the molecule is CCNC(=NCC(c1cccc(Cl)c1)N1CCCC1)NC(C)Cc1c(C)nn(C)c1C.I. The Labute approximate surface area is 215 Å². The van der Waals surface area contributed by atoms with Crippen LogP contribution < -0.4 is 10.6 Å². The molecule has 2 atom stereocenters. The molecular weight excluding hydrogens is 535 g/mol. The van der Waals surface area contributed by atoms with Gasteiger partial charge in [-0.3, -0.25) is 14.6 Å². The molecule has 32 heavy (non-hydrogen) atoms. The Balaban J connectivity index is 0.00000363. The molecule has 178 valence electrons. The van der Waals surface area contributed by atoms with Crippen molar-refractivity contribution in [1.29, 1.82) is 0 Å². The number of aryl methyl sites for hydroxylation is 2. The molecule has 2 N–H and O–H groups in total. The largest absolute Gasteiger partial charge is 0.357 e. The first-order valence-electron chi connectivity index (χ1n) is 11.4. The van der Waals surface area contributed by atoms with Gasteiger partial charge in [-0.1, -0.05) is 23.7 Å². The summed E-state index contributed by atoms with van der Waals surface area (Å²) in [6.45, 7) is 12.3. The summed E-state index contributed by atoms with van der Waals surface area (Å²) in [6, 6.07) is 8.71. The number of nitrogens with one attached hydrogen (secondary N) is 2. The van der Waals surface area contributed by atoms with Gasteiger partial charge in [0.2, 0.25) is 0 Å². The number of aliphatic imine (C=N–C) groups is 1. The van der Waals surface area contributed by atoms with E-state index in [9.17, 15) is 0 Å². The first kappa shape index (κ1) is 26.9. The lowest BCUT2D eigenvalue weighted by atomic mass is 10.1. The molecule has 0 aliphatic carbocycles. The molecule has 8 heteroatoms. The fourth-order valence-corrected chi connectivity index (χ4v) is 4.60. The van der Waals surface area contributed by atoms with Gasteiger partial charge in [-0.2, -0.15) is 5.10 Å². The van der Waals surface area contributed by atoms with Gasteiger partial charge in [-0.05, 0) is 83.3 Å². The Kier molecular flexibility index (Phi) is 10.8. The van der Waals surface area contributed by atoms with Gasteiger partial charge in [0.05, 0.1) is 18.3 Å². The molecule has 1 aromatic carbocycles. The van der Waals surface area contributed by atoms with E-state index in [1.165, 1.54) is 29.7 Å². The van der Waals surface area contributed by atoms with E-state index in [4.69, 9.17) is 16.6 Å². The second kappa shape index (κ2) is 12.8. The molecule has 0 saturated carbocycles. The van der Waals surface area contributed by atoms with Crippen LogP contribution in [0.25, 0.3) is 0 Å². The van der Waals surface area contributed by atoms with Crippen LogP contribution in [0.2, 0.25) is 5.02 Å². The van der Waals surface area contributed by atoms with Gasteiger partial charge in [0.1, 0.15) is 0 Å². The number of nitrogens with zero attached hydrogens (tertiary/aromatic N) is 4. The summed E-state index contributed by atoms with van der Waals surface area (Å²) in [6.07, 6.45) is 3.42. The maximum atomic E-state index is 6.30. The van der Waals surface area contributed by atoms with Gasteiger partial charge in [-0.25, -0.2) is 0 Å². The van der Waals surface area contributed by atoms with Crippen molar-refractivity contribution < 1.29 is 0 Å². The van der Waals surface area contributed by atoms with Gasteiger partial charge in [0.25, 0.3) is 0 Å². The Morgan fingerprint density at radius 3 is 2.56 bits per heavy atom. The summed E-state index contributed by atoms with van der Waals surface area (Å²) < 4.78 is 1.96. The normalized spacial score (nSPS) is 16.5. The zero-order valence-electron chi connectivity index (χ0n) is 20.0. The van der Waals surface area contributed by atoms with Crippen molar-refractivity contribution in [3.63, 3.8) is 0 Å². The fourth-order valence-electron chi connectivity index (χ4n) is 4.40. The van der Waals surface area contributed by atoms with Crippen LogP contribution >= 0.6 is 35.6 Å². The second-order valence-corrected chi connectivity index (χ2v) is 8.99. The highest BCUT2D eigenvalue weighted by atomic mass is 127. The number of hydrogen-bond acceptors (Lipinski definition) is 3. The molecule has 3 rings (SSSR count). The van der Waals surface area contributed by atoms with Crippen molar-refractivity contribution in [2.45, 2.75) is 59.0 Å². The molecule has 1 fully saturated rings. The van der Waals surface area contributed by atoms with Gasteiger partial charge < -0.3 is 10.6 Å². The zero-order valence-corrected chi connectivity index (χ0v) is 23.1. The van der Waals surface area contributed by atoms with Crippen LogP contribution in [0.5, 0.6) is 0 Å². The number of rotatable bonds is 8. The van der Waals surface area contributed by atoms with E-state index in [0.29, 0.717) is 6.54 Å². The standard InChI is InChI=1S/C24H37ClN6.HI/c1-6-26-24(28-17(2)14-22-18(3)29-30(5)19(22)4)27-16-23(31-12-7-8-13-31)20-10-9-11-21(25)15-20;/h9-11,15,17,23H,6-8,12-14,16H2,1-5H3,(H2,26,27,28);1H. The van der Waals surface area contributed by atoms with Crippen molar-refractivity contribution in [3.05, 3.63) is 51.8 Å². The number of likely N-dealkylation sites (tertiary alicyclic amines) is 1. The quantitative estimate of drug-likeness (QED) is 0.275. The minimum Gasteiger partial charge on any atom is -0.357 e. The van der Waals surface area contributed by atoms with Crippen molar-refractivity contribution in [1.82, 2.24) is 25.3 Å². The molecular formula is C24H38ClIN6. The van der Waals surface area contributed by atoms with Crippen molar-refractivity contribution in [2.75, 3.05) is 26.2 Å². The Morgan fingerprint density at radius 1 is 1.25 bits per heavy atom. The zero-order chi connectivity index (χ0) is 22.4. The van der Waals surface area contributed by atoms with Crippen LogP contribution in [0, 0.1) is 13.8 Å². The number of guanidine groups is 1. The molecule has 2 heterocycles. The Bertz CT molecular complexity index is 891. The highest BCUT2D eigenvalue weighted by Crippen LogP contribution is 2.27. The molecule has 0 amide bonds. The van der Waals surface area contributed by atoms with Crippen LogP contribution in [-0.2, 0) is 13.5 Å². The minimum atomic E-state index is 0.